The smallest absolute Gasteiger partial charge is 0.141 e. The summed E-state index contributed by atoms with van der Waals surface area (Å²) in [6.07, 6.45) is 2.42. The van der Waals surface area contributed by atoms with E-state index >= 15 is 0 Å². The Kier molecular flexibility index (Phi) is 4.20. The van der Waals surface area contributed by atoms with Crippen molar-refractivity contribution in [1.82, 2.24) is 5.01 Å². The number of allylic oxidation sites excluding steroid dienone is 1. The molecule has 0 amide bonds. The van der Waals surface area contributed by atoms with Crippen LogP contribution >= 0.6 is 0 Å². The summed E-state index contributed by atoms with van der Waals surface area (Å²) in [5.41, 5.74) is 0.769. The summed E-state index contributed by atoms with van der Waals surface area (Å²) in [6.45, 7) is 7.52. The predicted molar refractivity (Wildman–Crippen MR) is 41.8 cm³/mol. The molecule has 0 N–H and O–H groups in total. The number of rotatable bonds is 4. The van der Waals surface area contributed by atoms with Crippen LogP contribution in [-0.4, -0.2) is 24.1 Å². The van der Waals surface area contributed by atoms with Crippen LogP contribution in [0.15, 0.2) is 17.4 Å². The van der Waals surface area contributed by atoms with E-state index in [1.165, 1.54) is 5.01 Å². The highest BCUT2D eigenvalue weighted by molar-refractivity contribution is 5.55. The van der Waals surface area contributed by atoms with E-state index in [9.17, 15) is 4.79 Å². The Morgan fingerprint density at radius 3 is 2.70 bits per heavy atom. The summed E-state index contributed by atoms with van der Waals surface area (Å²) in [5, 5.41) is 5.43. The first-order valence-corrected chi connectivity index (χ1v) is 3.07. The van der Waals surface area contributed by atoms with Crippen molar-refractivity contribution in [3.05, 3.63) is 12.3 Å². The van der Waals surface area contributed by atoms with E-state index < -0.39 is 0 Å². The zero-order chi connectivity index (χ0) is 7.98. The van der Waals surface area contributed by atoms with Crippen molar-refractivity contribution < 1.29 is 4.79 Å². The number of carbonyl (C=O) groups is 1. The highest BCUT2D eigenvalue weighted by Crippen LogP contribution is 1.97. The average Bonchev–Trinajstić information content (AvgIpc) is 1.87. The molecule has 0 aromatic rings. The number of carbonyl (C=O) groups excluding carboxylic acids is 1. The van der Waals surface area contributed by atoms with Crippen LogP contribution in [0.5, 0.6) is 0 Å². The molecule has 56 valence electrons. The number of hydrazone groups is 1. The van der Waals surface area contributed by atoms with E-state index in [-0.39, 0.29) is 6.54 Å². The van der Waals surface area contributed by atoms with Crippen LogP contribution < -0.4 is 0 Å². The van der Waals surface area contributed by atoms with Crippen molar-refractivity contribution in [3.63, 3.8) is 0 Å². The maximum Gasteiger partial charge on any atom is 0.141 e. The van der Waals surface area contributed by atoms with Gasteiger partial charge in [-0.05, 0) is 13.8 Å². The largest absolute Gasteiger partial charge is 0.301 e. The van der Waals surface area contributed by atoms with Crippen molar-refractivity contribution >= 4 is 12.5 Å². The van der Waals surface area contributed by atoms with Gasteiger partial charge < -0.3 is 4.79 Å². The second-order valence-electron chi connectivity index (χ2n) is 1.86. The summed E-state index contributed by atoms with van der Waals surface area (Å²) in [5.74, 6) is 0. The molecule has 0 heterocycles. The van der Waals surface area contributed by atoms with E-state index in [1.807, 2.05) is 0 Å². The lowest BCUT2D eigenvalue weighted by Gasteiger charge is -2.14. The molecule has 0 saturated heterocycles. The molecule has 0 atom stereocenters. The van der Waals surface area contributed by atoms with Gasteiger partial charge in [-0.2, -0.15) is 5.10 Å². The topological polar surface area (TPSA) is 32.7 Å². The first-order valence-electron chi connectivity index (χ1n) is 3.07. The maximum absolute atomic E-state index is 10.0. The van der Waals surface area contributed by atoms with Gasteiger partial charge in [-0.15, -0.1) is 0 Å². The third-order valence-electron chi connectivity index (χ3n) is 0.943. The third kappa shape index (κ3) is 3.02. The van der Waals surface area contributed by atoms with E-state index in [0.29, 0.717) is 0 Å². The fourth-order valence-corrected chi connectivity index (χ4v) is 0.512. The Balaban J connectivity index is 3.96. The lowest BCUT2D eigenvalue weighted by atomic mass is 10.5. The monoisotopic (exact) mass is 140 g/mol. The lowest BCUT2D eigenvalue weighted by Crippen LogP contribution is -2.16. The van der Waals surface area contributed by atoms with E-state index in [1.54, 1.807) is 20.1 Å². The molecule has 0 fully saturated rings. The van der Waals surface area contributed by atoms with Gasteiger partial charge in [0.15, 0.2) is 0 Å². The van der Waals surface area contributed by atoms with Crippen LogP contribution in [0.25, 0.3) is 0 Å². The SMILES string of the molecule is C=C(C)N(CC=O)/N=C/C. The summed E-state index contributed by atoms with van der Waals surface area (Å²) < 4.78 is 0. The van der Waals surface area contributed by atoms with Gasteiger partial charge in [0.05, 0.1) is 6.54 Å². The summed E-state index contributed by atoms with van der Waals surface area (Å²) in [4.78, 5) is 10.0. The van der Waals surface area contributed by atoms with Gasteiger partial charge in [-0.1, -0.05) is 6.58 Å². The van der Waals surface area contributed by atoms with Crippen LogP contribution in [0.3, 0.4) is 0 Å². The highest BCUT2D eigenvalue weighted by Gasteiger charge is 1.96. The summed E-state index contributed by atoms with van der Waals surface area (Å²) in [7, 11) is 0. The Bertz CT molecular complexity index is 152. The lowest BCUT2D eigenvalue weighted by molar-refractivity contribution is -0.108. The molecule has 0 aromatic carbocycles. The van der Waals surface area contributed by atoms with Gasteiger partial charge in [-0.3, -0.25) is 5.01 Å². The molecule has 0 rings (SSSR count). The van der Waals surface area contributed by atoms with Gasteiger partial charge in [0.1, 0.15) is 6.29 Å². The second-order valence-corrected chi connectivity index (χ2v) is 1.86. The molecule has 0 aliphatic rings. The molecule has 10 heavy (non-hydrogen) atoms. The highest BCUT2D eigenvalue weighted by atomic mass is 16.1. The molecule has 3 heteroatoms. The minimum Gasteiger partial charge on any atom is -0.301 e. The maximum atomic E-state index is 10.0. The van der Waals surface area contributed by atoms with E-state index in [2.05, 4.69) is 11.7 Å². The van der Waals surface area contributed by atoms with Crippen LogP contribution in [-0.2, 0) is 4.79 Å². The molecule has 0 aromatic heterocycles. The molecule has 0 bridgehead atoms. The van der Waals surface area contributed by atoms with Gasteiger partial charge in [-0.25, -0.2) is 0 Å². The molecular formula is C7H12N2O. The quantitative estimate of drug-likeness (QED) is 0.332. The van der Waals surface area contributed by atoms with Gasteiger partial charge >= 0.3 is 0 Å². The molecule has 0 aliphatic carbocycles. The van der Waals surface area contributed by atoms with Crippen molar-refractivity contribution in [3.8, 4) is 0 Å². The average molecular weight is 140 g/mol. The Morgan fingerprint density at radius 1 is 1.80 bits per heavy atom. The van der Waals surface area contributed by atoms with Crippen LogP contribution in [0.4, 0.5) is 0 Å². The third-order valence-corrected chi connectivity index (χ3v) is 0.943. The zero-order valence-corrected chi connectivity index (χ0v) is 6.37. The molecule has 0 aliphatic heterocycles. The standard InChI is InChI=1S/C7H12N2O/c1-4-8-9(5-6-10)7(2)3/h4,6H,2,5H2,1,3H3/b8-4+. The van der Waals surface area contributed by atoms with Crippen LogP contribution in [0.1, 0.15) is 13.8 Å². The summed E-state index contributed by atoms with van der Waals surface area (Å²) in [6, 6.07) is 0. The minimum atomic E-state index is 0.277. The van der Waals surface area contributed by atoms with Gasteiger partial charge in [0.25, 0.3) is 0 Å². The zero-order valence-electron chi connectivity index (χ0n) is 6.37. The van der Waals surface area contributed by atoms with Crippen molar-refractivity contribution in [2.45, 2.75) is 13.8 Å². The Morgan fingerprint density at radius 2 is 2.40 bits per heavy atom. The predicted octanol–water partition coefficient (Wildman–Crippen LogP) is 1.03. The molecule has 0 saturated carbocycles. The van der Waals surface area contributed by atoms with Gasteiger partial charge in [0, 0.05) is 11.9 Å². The normalized spacial score (nSPS) is 9.80. The molecule has 0 spiro atoms. The fourth-order valence-electron chi connectivity index (χ4n) is 0.512. The Labute approximate surface area is 61.0 Å². The number of nitrogens with zero attached hydrogens (tertiary/aromatic N) is 2. The first kappa shape index (κ1) is 8.88. The molecule has 3 nitrogen and oxygen atoms in total. The molecule has 0 unspecified atom stereocenters. The fraction of sp³-hybridized carbons (Fsp3) is 0.429. The van der Waals surface area contributed by atoms with Crippen LogP contribution in [0.2, 0.25) is 0 Å². The minimum absolute atomic E-state index is 0.277. The number of hydrogen-bond donors (Lipinski definition) is 0. The first-order chi connectivity index (χ1) is 4.72. The van der Waals surface area contributed by atoms with Gasteiger partial charge in [0.2, 0.25) is 0 Å². The Hall–Kier alpha value is -1.12. The number of hydrogen-bond acceptors (Lipinski definition) is 3. The summed E-state index contributed by atoms with van der Waals surface area (Å²) >= 11 is 0. The molecule has 0 radical (unpaired) electrons. The van der Waals surface area contributed by atoms with Crippen molar-refractivity contribution in [2.75, 3.05) is 6.54 Å². The van der Waals surface area contributed by atoms with E-state index in [4.69, 9.17) is 0 Å². The second kappa shape index (κ2) is 4.73. The molecular weight excluding hydrogens is 128 g/mol. The van der Waals surface area contributed by atoms with Crippen molar-refractivity contribution in [2.24, 2.45) is 5.10 Å². The van der Waals surface area contributed by atoms with E-state index in [0.717, 1.165) is 12.0 Å². The van der Waals surface area contributed by atoms with Crippen molar-refractivity contribution in [1.29, 1.82) is 0 Å². The van der Waals surface area contributed by atoms with Crippen LogP contribution in [0, 0.1) is 0 Å². The number of aldehydes is 1.